The van der Waals surface area contributed by atoms with Crippen molar-refractivity contribution in [1.29, 1.82) is 0 Å². The molecule has 6 nitrogen and oxygen atoms in total. The Kier molecular flexibility index (Phi) is 54.5. The van der Waals surface area contributed by atoms with E-state index in [9.17, 15) is 19.8 Å². The summed E-state index contributed by atoms with van der Waals surface area (Å²) in [5.74, 6) is -0.0327. The lowest BCUT2D eigenvalue weighted by Crippen LogP contribution is -2.45. The number of carbonyl (C=O) groups excluding carboxylic acids is 2. The first-order valence-corrected chi connectivity index (χ1v) is 29.6. The topological polar surface area (TPSA) is 95.9 Å². The van der Waals surface area contributed by atoms with Crippen LogP contribution in [0, 0.1) is 0 Å². The molecule has 0 aliphatic rings. The van der Waals surface area contributed by atoms with Crippen molar-refractivity contribution in [2.75, 3.05) is 13.2 Å². The maximum atomic E-state index is 12.4. The number of allylic oxidation sites excluding steroid dienone is 4. The molecule has 0 spiro atoms. The molecule has 3 N–H and O–H groups in total. The molecule has 0 radical (unpaired) electrons. The van der Waals surface area contributed by atoms with Gasteiger partial charge < -0.3 is 20.3 Å². The fourth-order valence-corrected chi connectivity index (χ4v) is 9.20. The molecule has 0 aromatic carbocycles. The number of unbranched alkanes of at least 4 members (excludes halogenated alkanes) is 40. The van der Waals surface area contributed by atoms with Crippen LogP contribution in [0.1, 0.15) is 322 Å². The van der Waals surface area contributed by atoms with Crippen LogP contribution in [-0.2, 0) is 14.3 Å². The Morgan fingerprint density at radius 3 is 1.18 bits per heavy atom. The number of aliphatic hydroxyl groups is 2. The molecule has 0 saturated heterocycles. The van der Waals surface area contributed by atoms with Gasteiger partial charge in [0.05, 0.1) is 25.4 Å². The van der Waals surface area contributed by atoms with Gasteiger partial charge in [-0.05, 0) is 57.8 Å². The van der Waals surface area contributed by atoms with E-state index in [4.69, 9.17) is 4.74 Å². The van der Waals surface area contributed by atoms with Crippen LogP contribution >= 0.6 is 0 Å². The monoisotopic (exact) mass is 930 g/mol. The van der Waals surface area contributed by atoms with E-state index in [1.54, 1.807) is 0 Å². The summed E-state index contributed by atoms with van der Waals surface area (Å²) in [6.07, 6.45) is 67.6. The number of ether oxygens (including phenoxy) is 1. The van der Waals surface area contributed by atoms with Crippen molar-refractivity contribution in [3.8, 4) is 0 Å². The van der Waals surface area contributed by atoms with Crippen LogP contribution in [0.4, 0.5) is 0 Å². The van der Waals surface area contributed by atoms with Gasteiger partial charge >= 0.3 is 5.97 Å². The predicted molar refractivity (Wildman–Crippen MR) is 287 cm³/mol. The number of carbonyl (C=O) groups is 2. The van der Waals surface area contributed by atoms with E-state index >= 15 is 0 Å². The number of nitrogens with one attached hydrogen (secondary N) is 1. The van der Waals surface area contributed by atoms with Crippen molar-refractivity contribution in [1.82, 2.24) is 5.32 Å². The second-order valence-corrected chi connectivity index (χ2v) is 20.3. The average molecular weight is 931 g/mol. The second kappa shape index (κ2) is 55.9. The molecule has 0 aliphatic carbocycles. The molecule has 0 fully saturated rings. The van der Waals surface area contributed by atoms with Gasteiger partial charge in [-0.1, -0.05) is 276 Å². The highest BCUT2D eigenvalue weighted by atomic mass is 16.5. The van der Waals surface area contributed by atoms with E-state index in [-0.39, 0.29) is 18.5 Å². The molecule has 1 amide bonds. The van der Waals surface area contributed by atoms with Gasteiger partial charge in [0.15, 0.2) is 0 Å². The Labute approximate surface area is 411 Å². The van der Waals surface area contributed by atoms with Crippen molar-refractivity contribution in [2.24, 2.45) is 0 Å². The van der Waals surface area contributed by atoms with E-state index < -0.39 is 12.1 Å². The van der Waals surface area contributed by atoms with Gasteiger partial charge in [0.2, 0.25) is 5.91 Å². The molecule has 2 atom stereocenters. The molecular weight excluding hydrogens is 815 g/mol. The molecule has 0 aromatic rings. The summed E-state index contributed by atoms with van der Waals surface area (Å²) in [4.78, 5) is 24.4. The lowest BCUT2D eigenvalue weighted by Gasteiger charge is -2.22. The molecular formula is C60H115NO5. The van der Waals surface area contributed by atoms with Gasteiger partial charge in [0, 0.05) is 12.8 Å². The predicted octanol–water partition coefficient (Wildman–Crippen LogP) is 18.2. The third kappa shape index (κ3) is 51.7. The number of hydrogen-bond acceptors (Lipinski definition) is 5. The van der Waals surface area contributed by atoms with Gasteiger partial charge in [-0.3, -0.25) is 9.59 Å². The number of aliphatic hydroxyl groups excluding tert-OH is 2. The van der Waals surface area contributed by atoms with Crippen LogP contribution in [0.3, 0.4) is 0 Å². The highest BCUT2D eigenvalue weighted by Gasteiger charge is 2.20. The third-order valence-electron chi connectivity index (χ3n) is 13.8. The standard InChI is InChI=1S/C60H115NO5/c1-3-5-7-9-11-13-14-15-27-31-34-38-42-46-50-54-60(65)66-55-51-47-43-39-35-32-29-26-24-22-20-18-16-17-19-21-23-25-28-30-33-37-41-45-49-53-59(64)61-57(56-62)58(63)52-48-44-40-36-12-10-8-6-4-2/h11,13,15,27,57-58,62-63H,3-10,12,14,16-26,28-56H2,1-2H3,(H,61,64)/b13-11-,27-15-. The molecule has 0 aromatic heterocycles. The highest BCUT2D eigenvalue weighted by molar-refractivity contribution is 5.76. The lowest BCUT2D eigenvalue weighted by atomic mass is 10.0. The van der Waals surface area contributed by atoms with Crippen LogP contribution in [0.25, 0.3) is 0 Å². The van der Waals surface area contributed by atoms with E-state index in [2.05, 4.69) is 43.5 Å². The van der Waals surface area contributed by atoms with Crippen LogP contribution in [0.15, 0.2) is 24.3 Å². The average Bonchev–Trinajstić information content (AvgIpc) is 3.32. The molecule has 0 heterocycles. The van der Waals surface area contributed by atoms with Gasteiger partial charge in [-0.25, -0.2) is 0 Å². The normalized spacial score (nSPS) is 12.7. The number of amides is 1. The third-order valence-corrected chi connectivity index (χ3v) is 13.8. The summed E-state index contributed by atoms with van der Waals surface area (Å²) in [6.45, 7) is 4.91. The summed E-state index contributed by atoms with van der Waals surface area (Å²) in [5.41, 5.74) is 0. The minimum atomic E-state index is -0.660. The Bertz CT molecular complexity index is 1030. The van der Waals surface area contributed by atoms with E-state index in [0.717, 1.165) is 51.4 Å². The maximum Gasteiger partial charge on any atom is 0.305 e. The summed E-state index contributed by atoms with van der Waals surface area (Å²) >= 11 is 0. The van der Waals surface area contributed by atoms with Crippen LogP contribution < -0.4 is 5.32 Å². The van der Waals surface area contributed by atoms with Crippen LogP contribution in [-0.4, -0.2) is 47.4 Å². The van der Waals surface area contributed by atoms with Gasteiger partial charge in [-0.15, -0.1) is 0 Å². The van der Waals surface area contributed by atoms with Gasteiger partial charge in [0.25, 0.3) is 0 Å². The smallest absolute Gasteiger partial charge is 0.305 e. The Morgan fingerprint density at radius 2 is 0.758 bits per heavy atom. The fourth-order valence-electron chi connectivity index (χ4n) is 9.20. The van der Waals surface area contributed by atoms with Crippen molar-refractivity contribution < 1.29 is 24.5 Å². The van der Waals surface area contributed by atoms with Crippen LogP contribution in [0.5, 0.6) is 0 Å². The molecule has 2 unspecified atom stereocenters. The van der Waals surface area contributed by atoms with Crippen molar-refractivity contribution in [3.63, 3.8) is 0 Å². The maximum absolute atomic E-state index is 12.4. The summed E-state index contributed by atoms with van der Waals surface area (Å²) < 4.78 is 5.48. The SMILES string of the molecule is CCCCC/C=C\C/C=C\CCCCCCCC(=O)OCCCCCCCCCCCCCCCCCCCCCCCCCCCC(=O)NC(CO)C(O)CCCCCCCCCCC. The zero-order valence-corrected chi connectivity index (χ0v) is 44.4. The number of hydrogen-bond donors (Lipinski definition) is 3. The molecule has 66 heavy (non-hydrogen) atoms. The number of rotatable bonds is 55. The molecule has 390 valence electrons. The van der Waals surface area contributed by atoms with E-state index in [0.29, 0.717) is 25.9 Å². The van der Waals surface area contributed by atoms with Crippen molar-refractivity contribution in [2.45, 2.75) is 334 Å². The second-order valence-electron chi connectivity index (χ2n) is 20.3. The summed E-state index contributed by atoms with van der Waals surface area (Å²) in [6, 6.07) is -0.537. The van der Waals surface area contributed by atoms with Crippen LogP contribution in [0.2, 0.25) is 0 Å². The van der Waals surface area contributed by atoms with Crippen molar-refractivity contribution in [3.05, 3.63) is 24.3 Å². The minimum absolute atomic E-state index is 0.00235. The van der Waals surface area contributed by atoms with Gasteiger partial charge in [0.1, 0.15) is 0 Å². The molecule has 0 saturated carbocycles. The van der Waals surface area contributed by atoms with Gasteiger partial charge in [-0.2, -0.15) is 0 Å². The molecule has 0 rings (SSSR count). The summed E-state index contributed by atoms with van der Waals surface area (Å²) in [5, 5.41) is 23.1. The van der Waals surface area contributed by atoms with E-state index in [1.807, 2.05) is 0 Å². The number of esters is 1. The Hall–Kier alpha value is -1.66. The molecule has 0 bridgehead atoms. The first-order chi connectivity index (χ1) is 32.5. The van der Waals surface area contributed by atoms with Crippen molar-refractivity contribution >= 4 is 11.9 Å². The highest BCUT2D eigenvalue weighted by Crippen LogP contribution is 2.18. The first kappa shape index (κ1) is 64.3. The zero-order chi connectivity index (χ0) is 47.9. The zero-order valence-electron chi connectivity index (χ0n) is 44.4. The lowest BCUT2D eigenvalue weighted by molar-refractivity contribution is -0.143. The largest absolute Gasteiger partial charge is 0.466 e. The Morgan fingerprint density at radius 1 is 0.424 bits per heavy atom. The molecule has 0 aliphatic heterocycles. The first-order valence-electron chi connectivity index (χ1n) is 29.6. The van der Waals surface area contributed by atoms with E-state index in [1.165, 1.54) is 238 Å². The molecule has 6 heteroatoms. The minimum Gasteiger partial charge on any atom is -0.466 e. The quantitative estimate of drug-likeness (QED) is 0.0321. The fraction of sp³-hybridized carbons (Fsp3) is 0.900. The Balaban J connectivity index is 3.33. The summed E-state index contributed by atoms with van der Waals surface area (Å²) in [7, 11) is 0.